The highest BCUT2D eigenvalue weighted by Gasteiger charge is 2.18. The van der Waals surface area contributed by atoms with E-state index in [0.29, 0.717) is 11.1 Å². The van der Waals surface area contributed by atoms with E-state index in [2.05, 4.69) is 0 Å². The molecule has 0 aliphatic carbocycles. The van der Waals surface area contributed by atoms with Gasteiger partial charge in [-0.05, 0) is 23.8 Å². The molecule has 1 aromatic carbocycles. The van der Waals surface area contributed by atoms with Crippen LogP contribution in [0.4, 0.5) is 5.88 Å². The van der Waals surface area contributed by atoms with Crippen LogP contribution in [-0.2, 0) is 11.3 Å². The Labute approximate surface area is 113 Å². The summed E-state index contributed by atoms with van der Waals surface area (Å²) in [4.78, 5) is 21.3. The van der Waals surface area contributed by atoms with Crippen molar-refractivity contribution in [2.45, 2.75) is 6.61 Å². The minimum Gasteiger partial charge on any atom is -0.455 e. The third-order valence-electron chi connectivity index (χ3n) is 2.43. The van der Waals surface area contributed by atoms with Gasteiger partial charge in [-0.3, -0.25) is 10.1 Å². The second-order valence-electron chi connectivity index (χ2n) is 3.78. The van der Waals surface area contributed by atoms with Crippen LogP contribution in [0, 0.1) is 21.4 Å². The second-order valence-corrected chi connectivity index (χ2v) is 3.78. The van der Waals surface area contributed by atoms with Crippen LogP contribution in [0.25, 0.3) is 0 Å². The van der Waals surface area contributed by atoms with E-state index in [0.717, 1.165) is 6.07 Å². The first-order chi connectivity index (χ1) is 9.60. The van der Waals surface area contributed by atoms with Crippen LogP contribution in [0.1, 0.15) is 21.7 Å². The van der Waals surface area contributed by atoms with Crippen LogP contribution < -0.4 is 0 Å². The average molecular weight is 272 g/mol. The molecule has 2 aromatic rings. The van der Waals surface area contributed by atoms with Crippen LogP contribution in [0.3, 0.4) is 0 Å². The number of hydrogen-bond acceptors (Lipinski definition) is 6. The molecule has 0 fully saturated rings. The van der Waals surface area contributed by atoms with Gasteiger partial charge in [0.05, 0.1) is 17.7 Å². The van der Waals surface area contributed by atoms with Gasteiger partial charge in [0.2, 0.25) is 5.76 Å². The number of carbonyl (C=O) groups excluding carboxylic acids is 1. The Morgan fingerprint density at radius 1 is 1.30 bits per heavy atom. The van der Waals surface area contributed by atoms with E-state index in [1.807, 2.05) is 6.07 Å². The third kappa shape index (κ3) is 3.00. The van der Waals surface area contributed by atoms with Crippen LogP contribution in [0.2, 0.25) is 0 Å². The van der Waals surface area contributed by atoms with Crippen molar-refractivity contribution in [1.29, 1.82) is 5.26 Å². The molecule has 0 spiro atoms. The quantitative estimate of drug-likeness (QED) is 0.480. The zero-order valence-electron chi connectivity index (χ0n) is 10.1. The van der Waals surface area contributed by atoms with Gasteiger partial charge in [-0.15, -0.1) is 0 Å². The zero-order chi connectivity index (χ0) is 14.5. The standard InChI is InChI=1S/C13H8N2O5/c14-7-9-1-3-10(4-2-9)8-19-13(16)11-5-6-12(20-11)15(17)18/h1-6H,8H2. The van der Waals surface area contributed by atoms with Gasteiger partial charge in [0.1, 0.15) is 11.5 Å². The van der Waals surface area contributed by atoms with Gasteiger partial charge in [0.15, 0.2) is 0 Å². The monoisotopic (exact) mass is 272 g/mol. The summed E-state index contributed by atoms with van der Waals surface area (Å²) < 4.78 is 9.66. The molecule has 0 N–H and O–H groups in total. The van der Waals surface area contributed by atoms with Gasteiger partial charge in [-0.2, -0.15) is 5.26 Å². The Hall–Kier alpha value is -3.14. The lowest BCUT2D eigenvalue weighted by atomic mass is 10.2. The van der Waals surface area contributed by atoms with Crippen molar-refractivity contribution >= 4 is 11.9 Å². The number of ether oxygens (including phenoxy) is 1. The molecule has 1 aromatic heterocycles. The van der Waals surface area contributed by atoms with E-state index in [9.17, 15) is 14.9 Å². The van der Waals surface area contributed by atoms with Crippen LogP contribution in [0.5, 0.6) is 0 Å². The summed E-state index contributed by atoms with van der Waals surface area (Å²) in [5.74, 6) is -1.54. The zero-order valence-corrected chi connectivity index (χ0v) is 10.1. The molecular formula is C13H8N2O5. The summed E-state index contributed by atoms with van der Waals surface area (Å²) in [5, 5.41) is 19.0. The molecule has 0 radical (unpaired) electrons. The van der Waals surface area contributed by atoms with Crippen molar-refractivity contribution < 1.29 is 18.9 Å². The molecule has 1 heterocycles. The van der Waals surface area contributed by atoms with Crippen LogP contribution >= 0.6 is 0 Å². The number of nitrogens with zero attached hydrogens (tertiary/aromatic N) is 2. The van der Waals surface area contributed by atoms with Crippen molar-refractivity contribution in [1.82, 2.24) is 0 Å². The molecule has 0 unspecified atom stereocenters. The van der Waals surface area contributed by atoms with Crippen molar-refractivity contribution in [3.8, 4) is 6.07 Å². The maximum Gasteiger partial charge on any atom is 0.433 e. The fourth-order valence-corrected chi connectivity index (χ4v) is 1.43. The number of nitriles is 1. The molecule has 20 heavy (non-hydrogen) atoms. The molecule has 100 valence electrons. The molecular weight excluding hydrogens is 264 g/mol. The maximum atomic E-state index is 11.6. The van der Waals surface area contributed by atoms with E-state index < -0.39 is 16.8 Å². The summed E-state index contributed by atoms with van der Waals surface area (Å²) in [7, 11) is 0. The van der Waals surface area contributed by atoms with Crippen molar-refractivity contribution in [3.05, 3.63) is 63.4 Å². The Balaban J connectivity index is 1.97. The third-order valence-corrected chi connectivity index (χ3v) is 2.43. The topological polar surface area (TPSA) is 106 Å². The molecule has 0 amide bonds. The summed E-state index contributed by atoms with van der Waals surface area (Å²) in [6.07, 6.45) is 0. The molecule has 0 saturated heterocycles. The Kier molecular flexibility index (Phi) is 3.77. The molecule has 0 bridgehead atoms. The maximum absolute atomic E-state index is 11.6. The molecule has 0 aliphatic rings. The molecule has 0 saturated carbocycles. The molecule has 0 atom stereocenters. The normalized spacial score (nSPS) is 9.75. The Bertz CT molecular complexity index is 682. The highest BCUT2D eigenvalue weighted by molar-refractivity contribution is 5.86. The van der Waals surface area contributed by atoms with E-state index in [1.165, 1.54) is 6.07 Å². The fourth-order valence-electron chi connectivity index (χ4n) is 1.43. The van der Waals surface area contributed by atoms with Crippen molar-refractivity contribution in [3.63, 3.8) is 0 Å². The summed E-state index contributed by atoms with van der Waals surface area (Å²) in [6, 6.07) is 10.7. The summed E-state index contributed by atoms with van der Waals surface area (Å²) >= 11 is 0. The smallest absolute Gasteiger partial charge is 0.433 e. The average Bonchev–Trinajstić information content (AvgIpc) is 2.95. The molecule has 7 heteroatoms. The van der Waals surface area contributed by atoms with E-state index in [4.69, 9.17) is 14.4 Å². The number of hydrogen-bond donors (Lipinski definition) is 0. The predicted molar refractivity (Wildman–Crippen MR) is 65.6 cm³/mol. The highest BCUT2D eigenvalue weighted by atomic mass is 16.7. The fraction of sp³-hybridized carbons (Fsp3) is 0.0769. The number of furan rings is 1. The predicted octanol–water partition coefficient (Wildman–Crippen LogP) is 2.42. The van der Waals surface area contributed by atoms with Crippen molar-refractivity contribution in [2.75, 3.05) is 0 Å². The number of nitro groups is 1. The lowest BCUT2D eigenvalue weighted by Gasteiger charge is -2.02. The lowest BCUT2D eigenvalue weighted by Crippen LogP contribution is -2.03. The Morgan fingerprint density at radius 2 is 2.00 bits per heavy atom. The first-order valence-corrected chi connectivity index (χ1v) is 5.50. The number of rotatable bonds is 4. The highest BCUT2D eigenvalue weighted by Crippen LogP contribution is 2.17. The second kappa shape index (κ2) is 5.67. The molecule has 0 aliphatic heterocycles. The number of benzene rings is 1. The van der Waals surface area contributed by atoms with Gasteiger partial charge >= 0.3 is 11.9 Å². The van der Waals surface area contributed by atoms with Crippen LogP contribution in [0.15, 0.2) is 40.8 Å². The first kappa shape index (κ1) is 13.3. The van der Waals surface area contributed by atoms with E-state index in [1.54, 1.807) is 24.3 Å². The van der Waals surface area contributed by atoms with Gasteiger partial charge in [-0.1, -0.05) is 12.1 Å². The van der Waals surface area contributed by atoms with Gasteiger partial charge in [0, 0.05) is 0 Å². The molecule has 2 rings (SSSR count). The SMILES string of the molecule is N#Cc1ccc(COC(=O)c2ccc([N+](=O)[O-])o2)cc1. The van der Waals surface area contributed by atoms with Gasteiger partial charge < -0.3 is 9.15 Å². The number of carbonyl (C=O) groups is 1. The first-order valence-electron chi connectivity index (χ1n) is 5.50. The van der Waals surface area contributed by atoms with E-state index >= 15 is 0 Å². The van der Waals surface area contributed by atoms with Crippen molar-refractivity contribution in [2.24, 2.45) is 0 Å². The summed E-state index contributed by atoms with van der Waals surface area (Å²) in [6.45, 7) is -0.0148. The number of esters is 1. The van der Waals surface area contributed by atoms with Gasteiger partial charge in [-0.25, -0.2) is 4.79 Å². The van der Waals surface area contributed by atoms with E-state index in [-0.39, 0.29) is 12.4 Å². The minimum absolute atomic E-state index is 0.0148. The van der Waals surface area contributed by atoms with Crippen LogP contribution in [-0.4, -0.2) is 10.9 Å². The lowest BCUT2D eigenvalue weighted by molar-refractivity contribution is -0.402. The summed E-state index contributed by atoms with van der Waals surface area (Å²) in [5.41, 5.74) is 1.19. The molecule has 7 nitrogen and oxygen atoms in total. The largest absolute Gasteiger partial charge is 0.455 e. The Morgan fingerprint density at radius 3 is 2.55 bits per heavy atom. The van der Waals surface area contributed by atoms with Gasteiger partial charge in [0.25, 0.3) is 0 Å². The minimum atomic E-state index is -0.789.